The zero-order chi connectivity index (χ0) is 24.9. The first-order valence-electron chi connectivity index (χ1n) is 11.5. The van der Waals surface area contributed by atoms with Gasteiger partial charge < -0.3 is 19.9 Å². The summed E-state index contributed by atoms with van der Waals surface area (Å²) in [6.45, 7) is 1.60. The first-order chi connectivity index (χ1) is 16.8. The number of aryl methyl sites for hydroxylation is 1. The quantitative estimate of drug-likeness (QED) is 0.481. The van der Waals surface area contributed by atoms with E-state index in [9.17, 15) is 14.4 Å². The molecule has 0 spiro atoms. The number of esters is 1. The van der Waals surface area contributed by atoms with E-state index in [2.05, 4.69) is 5.32 Å². The van der Waals surface area contributed by atoms with Gasteiger partial charge in [-0.05, 0) is 61.2 Å². The molecule has 35 heavy (non-hydrogen) atoms. The molecule has 1 aromatic heterocycles. The molecule has 1 fully saturated rings. The SMILES string of the molecule is Cc1ccc(N2C(=O)CCC(C(=O)OCC(=O)Nc3ccc(N(C)C)cc3)C2c2cccs2)cc1. The van der Waals surface area contributed by atoms with E-state index in [1.54, 1.807) is 17.0 Å². The molecule has 0 aliphatic carbocycles. The number of hydrogen-bond donors (Lipinski definition) is 1. The lowest BCUT2D eigenvalue weighted by Crippen LogP contribution is -2.46. The van der Waals surface area contributed by atoms with E-state index < -0.39 is 23.8 Å². The maximum Gasteiger partial charge on any atom is 0.311 e. The highest BCUT2D eigenvalue weighted by atomic mass is 32.1. The Morgan fingerprint density at radius 3 is 2.43 bits per heavy atom. The van der Waals surface area contributed by atoms with Crippen molar-refractivity contribution in [2.75, 3.05) is 35.8 Å². The van der Waals surface area contributed by atoms with E-state index in [-0.39, 0.29) is 18.9 Å². The Bertz CT molecular complexity index is 1170. The first kappa shape index (κ1) is 24.5. The number of nitrogens with one attached hydrogen (secondary N) is 1. The molecule has 7 nitrogen and oxygen atoms in total. The molecule has 182 valence electrons. The second-order valence-electron chi connectivity index (χ2n) is 8.80. The molecule has 0 bridgehead atoms. The van der Waals surface area contributed by atoms with Crippen LogP contribution >= 0.6 is 11.3 Å². The summed E-state index contributed by atoms with van der Waals surface area (Å²) in [5.74, 6) is -1.49. The summed E-state index contributed by atoms with van der Waals surface area (Å²) in [6.07, 6.45) is 0.607. The molecule has 2 unspecified atom stereocenters. The molecule has 0 radical (unpaired) electrons. The van der Waals surface area contributed by atoms with E-state index in [0.29, 0.717) is 12.1 Å². The fourth-order valence-electron chi connectivity index (χ4n) is 4.22. The Morgan fingerprint density at radius 2 is 1.80 bits per heavy atom. The Balaban J connectivity index is 1.47. The summed E-state index contributed by atoms with van der Waals surface area (Å²) >= 11 is 1.50. The van der Waals surface area contributed by atoms with E-state index in [1.165, 1.54) is 11.3 Å². The minimum atomic E-state index is -0.570. The molecule has 1 aliphatic heterocycles. The van der Waals surface area contributed by atoms with Gasteiger partial charge in [0.1, 0.15) is 0 Å². The second kappa shape index (κ2) is 10.7. The largest absolute Gasteiger partial charge is 0.455 e. The van der Waals surface area contributed by atoms with Gasteiger partial charge >= 0.3 is 5.97 Å². The van der Waals surface area contributed by atoms with Gasteiger partial charge in [-0.2, -0.15) is 0 Å². The van der Waals surface area contributed by atoms with Gasteiger partial charge in [-0.3, -0.25) is 14.4 Å². The third-order valence-electron chi connectivity index (χ3n) is 6.06. The van der Waals surface area contributed by atoms with E-state index in [0.717, 1.165) is 21.8 Å². The standard InChI is InChI=1S/C27H29N3O4S/c1-18-6-10-21(11-7-18)30-25(32)15-14-22(26(30)23-5-4-16-35-23)27(33)34-17-24(31)28-19-8-12-20(13-9-19)29(2)3/h4-13,16,22,26H,14-15,17H2,1-3H3,(H,28,31). The average molecular weight is 492 g/mol. The smallest absolute Gasteiger partial charge is 0.311 e. The third kappa shape index (κ3) is 5.71. The Kier molecular flexibility index (Phi) is 7.51. The number of benzene rings is 2. The van der Waals surface area contributed by atoms with Crippen LogP contribution in [0.25, 0.3) is 0 Å². The normalized spacial score (nSPS) is 17.7. The van der Waals surface area contributed by atoms with Gasteiger partial charge in [0.05, 0.1) is 12.0 Å². The van der Waals surface area contributed by atoms with Crippen molar-refractivity contribution >= 4 is 46.2 Å². The highest BCUT2D eigenvalue weighted by molar-refractivity contribution is 7.10. The van der Waals surface area contributed by atoms with Crippen LogP contribution in [0, 0.1) is 12.8 Å². The number of amides is 2. The third-order valence-corrected chi connectivity index (χ3v) is 7.00. The molecule has 8 heteroatoms. The fourth-order valence-corrected chi connectivity index (χ4v) is 5.10. The van der Waals surface area contributed by atoms with Gasteiger partial charge in [-0.1, -0.05) is 23.8 Å². The number of anilines is 3. The molecule has 2 atom stereocenters. The lowest BCUT2D eigenvalue weighted by atomic mass is 9.87. The van der Waals surface area contributed by atoms with Crippen LogP contribution in [0.3, 0.4) is 0 Å². The maximum absolute atomic E-state index is 13.2. The monoisotopic (exact) mass is 491 g/mol. The van der Waals surface area contributed by atoms with Crippen molar-refractivity contribution in [2.24, 2.45) is 5.92 Å². The summed E-state index contributed by atoms with van der Waals surface area (Å²) in [5.41, 5.74) is 3.47. The van der Waals surface area contributed by atoms with Crippen LogP contribution in [0.15, 0.2) is 66.0 Å². The van der Waals surface area contributed by atoms with Crippen molar-refractivity contribution in [1.29, 1.82) is 0 Å². The molecule has 0 saturated carbocycles. The van der Waals surface area contributed by atoms with Gasteiger partial charge in [-0.15, -0.1) is 11.3 Å². The number of ether oxygens (including phenoxy) is 1. The van der Waals surface area contributed by atoms with Crippen LogP contribution in [0.4, 0.5) is 17.1 Å². The average Bonchev–Trinajstić information content (AvgIpc) is 3.38. The zero-order valence-corrected chi connectivity index (χ0v) is 20.9. The minimum absolute atomic E-state index is 0.0322. The van der Waals surface area contributed by atoms with Crippen LogP contribution in [-0.4, -0.2) is 38.5 Å². The van der Waals surface area contributed by atoms with Crippen LogP contribution in [0.1, 0.15) is 29.3 Å². The summed E-state index contributed by atoms with van der Waals surface area (Å²) < 4.78 is 5.45. The van der Waals surface area contributed by atoms with Gasteiger partial charge in [0.15, 0.2) is 6.61 Å². The van der Waals surface area contributed by atoms with Gasteiger partial charge in [0, 0.05) is 42.5 Å². The molecular weight excluding hydrogens is 462 g/mol. The highest BCUT2D eigenvalue weighted by Gasteiger charge is 2.43. The van der Waals surface area contributed by atoms with Crippen molar-refractivity contribution in [3.8, 4) is 0 Å². The summed E-state index contributed by atoms with van der Waals surface area (Å²) in [5, 5.41) is 4.68. The van der Waals surface area contributed by atoms with Gasteiger partial charge in [0.25, 0.3) is 5.91 Å². The number of hydrogen-bond acceptors (Lipinski definition) is 6. The molecular formula is C27H29N3O4S. The number of piperidine rings is 1. The van der Waals surface area contributed by atoms with Crippen molar-refractivity contribution in [1.82, 2.24) is 0 Å². The number of thiophene rings is 1. The molecule has 4 rings (SSSR count). The minimum Gasteiger partial charge on any atom is -0.455 e. The topological polar surface area (TPSA) is 78.9 Å². The molecule has 1 N–H and O–H groups in total. The van der Waals surface area contributed by atoms with E-state index in [4.69, 9.17) is 4.74 Å². The highest BCUT2D eigenvalue weighted by Crippen LogP contribution is 2.42. The van der Waals surface area contributed by atoms with Crippen molar-refractivity contribution in [3.63, 3.8) is 0 Å². The number of carbonyl (C=O) groups excluding carboxylic acids is 3. The molecule has 3 aromatic rings. The van der Waals surface area contributed by atoms with Crippen molar-refractivity contribution in [2.45, 2.75) is 25.8 Å². The first-order valence-corrected chi connectivity index (χ1v) is 12.4. The van der Waals surface area contributed by atoms with E-state index in [1.807, 2.05) is 79.8 Å². The fraction of sp³-hybridized carbons (Fsp3) is 0.296. The summed E-state index contributed by atoms with van der Waals surface area (Å²) in [7, 11) is 3.88. The zero-order valence-electron chi connectivity index (χ0n) is 20.1. The predicted molar refractivity (Wildman–Crippen MR) is 139 cm³/mol. The Morgan fingerprint density at radius 1 is 1.09 bits per heavy atom. The van der Waals surface area contributed by atoms with Crippen LogP contribution in [0.2, 0.25) is 0 Å². The summed E-state index contributed by atoms with van der Waals surface area (Å²) in [6, 6.07) is 18.4. The van der Waals surface area contributed by atoms with Crippen molar-refractivity contribution < 1.29 is 19.1 Å². The maximum atomic E-state index is 13.2. The van der Waals surface area contributed by atoms with Gasteiger partial charge in [-0.25, -0.2) is 0 Å². The molecule has 2 amide bonds. The Labute approximate surface area is 209 Å². The van der Waals surface area contributed by atoms with Crippen LogP contribution in [-0.2, 0) is 19.1 Å². The van der Waals surface area contributed by atoms with Crippen molar-refractivity contribution in [3.05, 3.63) is 76.5 Å². The molecule has 1 saturated heterocycles. The van der Waals surface area contributed by atoms with Crippen LogP contribution in [0.5, 0.6) is 0 Å². The number of nitrogens with zero attached hydrogens (tertiary/aromatic N) is 2. The number of carbonyl (C=O) groups is 3. The molecule has 2 heterocycles. The summed E-state index contributed by atoms with van der Waals surface area (Å²) in [4.78, 5) is 43.2. The predicted octanol–water partition coefficient (Wildman–Crippen LogP) is 4.79. The van der Waals surface area contributed by atoms with E-state index >= 15 is 0 Å². The molecule has 2 aromatic carbocycles. The molecule has 1 aliphatic rings. The lowest BCUT2D eigenvalue weighted by Gasteiger charge is -2.39. The number of rotatable bonds is 7. The lowest BCUT2D eigenvalue weighted by molar-refractivity contribution is -0.153. The second-order valence-corrected chi connectivity index (χ2v) is 9.78. The Hall–Kier alpha value is -3.65. The van der Waals surface area contributed by atoms with Crippen LogP contribution < -0.4 is 15.1 Å². The van der Waals surface area contributed by atoms with Gasteiger partial charge in [0.2, 0.25) is 5.91 Å².